The van der Waals surface area contributed by atoms with Crippen molar-refractivity contribution in [2.24, 2.45) is 0 Å². The average molecular weight is 406 g/mol. The van der Waals surface area contributed by atoms with E-state index in [1.807, 2.05) is 53.0 Å². The molecule has 3 aromatic rings. The van der Waals surface area contributed by atoms with Crippen LogP contribution in [0.1, 0.15) is 37.9 Å². The summed E-state index contributed by atoms with van der Waals surface area (Å²) in [5.74, 6) is 2.31. The number of amides is 2. The maximum atomic E-state index is 12.3. The van der Waals surface area contributed by atoms with Crippen molar-refractivity contribution in [1.29, 1.82) is 0 Å². The van der Waals surface area contributed by atoms with Crippen molar-refractivity contribution in [1.82, 2.24) is 30.0 Å². The molecule has 8 nitrogen and oxygen atoms in total. The summed E-state index contributed by atoms with van der Waals surface area (Å²) in [6, 6.07) is 10.1. The fraction of sp³-hybridized carbons (Fsp3) is 0.455. The molecule has 1 aliphatic carbocycles. The Bertz CT molecular complexity index is 1040. The maximum absolute atomic E-state index is 12.3. The van der Waals surface area contributed by atoms with Crippen LogP contribution in [0.25, 0.3) is 16.7 Å². The lowest BCUT2D eigenvalue weighted by atomic mass is 10.3. The van der Waals surface area contributed by atoms with Crippen molar-refractivity contribution in [2.75, 3.05) is 37.6 Å². The fourth-order valence-corrected chi connectivity index (χ4v) is 4.03. The zero-order chi connectivity index (χ0) is 20.5. The summed E-state index contributed by atoms with van der Waals surface area (Å²) in [5, 5.41) is 8.52. The molecule has 156 valence electrons. The summed E-state index contributed by atoms with van der Waals surface area (Å²) < 4.78 is 1.91. The van der Waals surface area contributed by atoms with Gasteiger partial charge in [0.05, 0.1) is 17.3 Å². The van der Waals surface area contributed by atoms with Crippen LogP contribution in [0.4, 0.5) is 10.6 Å². The Kier molecular flexibility index (Phi) is 4.98. The van der Waals surface area contributed by atoms with E-state index in [-0.39, 0.29) is 6.03 Å². The number of benzene rings is 1. The third-order valence-electron chi connectivity index (χ3n) is 5.78. The lowest BCUT2D eigenvalue weighted by Gasteiger charge is -2.23. The summed E-state index contributed by atoms with van der Waals surface area (Å²) in [7, 11) is 0. The van der Waals surface area contributed by atoms with Gasteiger partial charge in [0.25, 0.3) is 0 Å². The molecule has 0 atom stereocenters. The number of hydrogen-bond donors (Lipinski definition) is 1. The highest BCUT2D eigenvalue weighted by Gasteiger charge is 2.30. The van der Waals surface area contributed by atoms with Gasteiger partial charge >= 0.3 is 6.03 Å². The molecular formula is C22H27N7O. The summed E-state index contributed by atoms with van der Waals surface area (Å²) in [5.41, 5.74) is 1.86. The van der Waals surface area contributed by atoms with Gasteiger partial charge in [-0.15, -0.1) is 0 Å². The molecule has 2 fully saturated rings. The number of nitrogens with one attached hydrogen (secondary N) is 1. The Hall–Kier alpha value is -3.16. The normalized spacial score (nSPS) is 17.2. The molecule has 1 aromatic carbocycles. The molecule has 1 saturated carbocycles. The second-order valence-electron chi connectivity index (χ2n) is 7.97. The number of fused-ring (bicyclic) bond motifs is 1. The summed E-state index contributed by atoms with van der Waals surface area (Å²) in [4.78, 5) is 26.4. The lowest BCUT2D eigenvalue weighted by Crippen LogP contribution is -2.42. The minimum absolute atomic E-state index is 0.0164. The van der Waals surface area contributed by atoms with E-state index in [2.05, 4.69) is 15.3 Å². The number of aromatic nitrogens is 4. The number of para-hydroxylation sites is 1. The molecule has 2 amide bonds. The van der Waals surface area contributed by atoms with Crippen molar-refractivity contribution in [2.45, 2.75) is 32.1 Å². The maximum Gasteiger partial charge on any atom is 0.317 e. The van der Waals surface area contributed by atoms with Crippen molar-refractivity contribution in [3.8, 4) is 5.69 Å². The second-order valence-corrected chi connectivity index (χ2v) is 7.97. The summed E-state index contributed by atoms with van der Waals surface area (Å²) in [6.45, 7) is 5.66. The zero-order valence-corrected chi connectivity index (χ0v) is 17.3. The highest BCUT2D eigenvalue weighted by Crippen LogP contribution is 2.40. The molecular weight excluding hydrogens is 378 g/mol. The number of carbonyl (C=O) groups excluding carboxylic acids is 1. The molecule has 2 aliphatic rings. The fourth-order valence-electron chi connectivity index (χ4n) is 4.03. The standard InChI is InChI=1S/C22H27N7O/c1-2-23-22(30)28-12-6-11-27(13-14-28)20-18-15-24-29(17-7-4-3-5-8-17)21(18)26-19(25-20)16-9-10-16/h3-5,7-8,15-16H,2,6,9-14H2,1H3,(H,23,30). The van der Waals surface area contributed by atoms with Gasteiger partial charge in [0.1, 0.15) is 11.6 Å². The van der Waals surface area contributed by atoms with E-state index in [1.165, 1.54) is 0 Å². The number of rotatable bonds is 4. The third-order valence-corrected chi connectivity index (χ3v) is 5.78. The van der Waals surface area contributed by atoms with Crippen LogP contribution in [0.2, 0.25) is 0 Å². The topological polar surface area (TPSA) is 79.2 Å². The predicted molar refractivity (Wildman–Crippen MR) is 116 cm³/mol. The molecule has 0 unspecified atom stereocenters. The third kappa shape index (κ3) is 3.58. The van der Waals surface area contributed by atoms with Crippen molar-refractivity contribution >= 4 is 22.9 Å². The molecule has 0 bridgehead atoms. The molecule has 1 saturated heterocycles. The van der Waals surface area contributed by atoms with Crippen LogP contribution in [0.5, 0.6) is 0 Å². The van der Waals surface area contributed by atoms with Crippen molar-refractivity contribution < 1.29 is 4.79 Å². The monoisotopic (exact) mass is 405 g/mol. The van der Waals surface area contributed by atoms with E-state index in [0.717, 1.165) is 67.3 Å². The quantitative estimate of drug-likeness (QED) is 0.722. The number of nitrogens with zero attached hydrogens (tertiary/aromatic N) is 6. The molecule has 30 heavy (non-hydrogen) atoms. The number of carbonyl (C=O) groups is 1. The van der Waals surface area contributed by atoms with E-state index in [0.29, 0.717) is 19.0 Å². The number of anilines is 1. The first kappa shape index (κ1) is 18.8. The van der Waals surface area contributed by atoms with Gasteiger partial charge in [0, 0.05) is 38.6 Å². The smallest absolute Gasteiger partial charge is 0.317 e. The Morgan fingerprint density at radius 2 is 1.93 bits per heavy atom. The largest absolute Gasteiger partial charge is 0.354 e. The molecule has 5 rings (SSSR count). The first-order valence-electron chi connectivity index (χ1n) is 10.8. The van der Waals surface area contributed by atoms with Crippen LogP contribution < -0.4 is 10.2 Å². The van der Waals surface area contributed by atoms with Gasteiger partial charge < -0.3 is 15.1 Å². The predicted octanol–water partition coefficient (Wildman–Crippen LogP) is 2.93. The van der Waals surface area contributed by atoms with Gasteiger partial charge in [-0.25, -0.2) is 19.4 Å². The number of urea groups is 1. The summed E-state index contributed by atoms with van der Waals surface area (Å²) in [6.07, 6.45) is 5.08. The minimum Gasteiger partial charge on any atom is -0.354 e. The Morgan fingerprint density at radius 1 is 1.10 bits per heavy atom. The van der Waals surface area contributed by atoms with Crippen LogP contribution in [0.15, 0.2) is 36.5 Å². The van der Waals surface area contributed by atoms with Crippen LogP contribution >= 0.6 is 0 Å². The first-order valence-corrected chi connectivity index (χ1v) is 10.8. The molecule has 3 heterocycles. The van der Waals surface area contributed by atoms with Gasteiger partial charge in [-0.3, -0.25) is 0 Å². The van der Waals surface area contributed by atoms with E-state index >= 15 is 0 Å². The van der Waals surface area contributed by atoms with E-state index in [9.17, 15) is 4.79 Å². The Labute approximate surface area is 175 Å². The van der Waals surface area contributed by atoms with Crippen LogP contribution in [0.3, 0.4) is 0 Å². The van der Waals surface area contributed by atoms with Crippen molar-refractivity contribution in [3.05, 3.63) is 42.4 Å². The molecule has 1 aliphatic heterocycles. The van der Waals surface area contributed by atoms with Crippen LogP contribution in [0, 0.1) is 0 Å². The molecule has 0 spiro atoms. The van der Waals surface area contributed by atoms with Crippen LogP contribution in [-0.4, -0.2) is 63.4 Å². The summed E-state index contributed by atoms with van der Waals surface area (Å²) >= 11 is 0. The molecule has 1 N–H and O–H groups in total. The van der Waals surface area contributed by atoms with Gasteiger partial charge in [0.15, 0.2) is 5.65 Å². The SMILES string of the molecule is CCNC(=O)N1CCCN(c2nc(C3CC3)nc3c2cnn3-c2ccccc2)CC1. The zero-order valence-electron chi connectivity index (χ0n) is 17.3. The molecule has 2 aromatic heterocycles. The van der Waals surface area contributed by atoms with Gasteiger partial charge in [-0.05, 0) is 38.3 Å². The van der Waals surface area contributed by atoms with E-state index in [4.69, 9.17) is 9.97 Å². The van der Waals surface area contributed by atoms with Gasteiger partial charge in [0.2, 0.25) is 0 Å². The molecule has 0 radical (unpaired) electrons. The van der Waals surface area contributed by atoms with Gasteiger partial charge in [-0.2, -0.15) is 5.10 Å². The van der Waals surface area contributed by atoms with E-state index < -0.39 is 0 Å². The first-order chi connectivity index (χ1) is 14.7. The average Bonchev–Trinajstić information content (AvgIpc) is 3.57. The minimum atomic E-state index is 0.0164. The Morgan fingerprint density at radius 3 is 2.70 bits per heavy atom. The van der Waals surface area contributed by atoms with Crippen LogP contribution in [-0.2, 0) is 0 Å². The lowest BCUT2D eigenvalue weighted by molar-refractivity contribution is 0.202. The van der Waals surface area contributed by atoms with E-state index in [1.54, 1.807) is 0 Å². The molecule has 8 heteroatoms. The highest BCUT2D eigenvalue weighted by atomic mass is 16.2. The van der Waals surface area contributed by atoms with Gasteiger partial charge in [-0.1, -0.05) is 18.2 Å². The highest BCUT2D eigenvalue weighted by molar-refractivity contribution is 5.88. The number of hydrogen-bond acceptors (Lipinski definition) is 5. The Balaban J connectivity index is 1.51. The van der Waals surface area contributed by atoms with Crippen molar-refractivity contribution in [3.63, 3.8) is 0 Å². The second kappa shape index (κ2) is 7.93.